The number of fused-ring (bicyclic) bond motifs is 1. The molecule has 1 heterocycles. The lowest BCUT2D eigenvalue weighted by atomic mass is 9.98. The smallest absolute Gasteiger partial charge is 0.158 e. The minimum absolute atomic E-state index is 0.00574. The van der Waals surface area contributed by atoms with Crippen LogP contribution in [0.25, 0.3) is 10.8 Å². The van der Waals surface area contributed by atoms with E-state index in [-0.39, 0.29) is 23.8 Å². The van der Waals surface area contributed by atoms with Crippen LogP contribution in [0.2, 0.25) is 0 Å². The summed E-state index contributed by atoms with van der Waals surface area (Å²) in [5, 5.41) is 10.3. The van der Waals surface area contributed by atoms with E-state index in [1.807, 2.05) is 30.3 Å². The third-order valence-electron chi connectivity index (χ3n) is 7.14. The second kappa shape index (κ2) is 14.3. The molecule has 38 heavy (non-hydrogen) atoms. The number of nitrogens with zero attached hydrogens (tertiary/aromatic N) is 1. The van der Waals surface area contributed by atoms with E-state index in [1.54, 1.807) is 12.1 Å². The van der Waals surface area contributed by atoms with Gasteiger partial charge in [-0.25, -0.2) is 8.78 Å². The molecule has 0 N–H and O–H groups in total. The van der Waals surface area contributed by atoms with Gasteiger partial charge in [0.2, 0.25) is 0 Å². The molecule has 0 atom stereocenters. The van der Waals surface area contributed by atoms with Crippen LogP contribution in [0.4, 0.5) is 8.78 Å². The maximum atomic E-state index is 15.2. The fourth-order valence-corrected chi connectivity index (χ4v) is 4.85. The van der Waals surface area contributed by atoms with Crippen molar-refractivity contribution in [2.24, 2.45) is 0 Å². The van der Waals surface area contributed by atoms with Gasteiger partial charge in [0.25, 0.3) is 0 Å². The van der Waals surface area contributed by atoms with Crippen molar-refractivity contribution in [1.82, 2.24) is 0 Å². The lowest BCUT2D eigenvalue weighted by Crippen LogP contribution is -2.37. The lowest BCUT2D eigenvalue weighted by molar-refractivity contribution is -0.227. The van der Waals surface area contributed by atoms with E-state index in [2.05, 4.69) is 6.92 Å². The number of aryl methyl sites for hydroxylation is 3. The monoisotopic (exact) mass is 521 g/mol. The van der Waals surface area contributed by atoms with Gasteiger partial charge in [-0.1, -0.05) is 69.0 Å². The van der Waals surface area contributed by atoms with Crippen LogP contribution in [0.3, 0.4) is 0 Å². The third-order valence-corrected chi connectivity index (χ3v) is 7.14. The molecule has 0 bridgehead atoms. The number of unbranched alkanes of at least 4 members (excludes halogenated alkanes) is 4. The minimum atomic E-state index is -0.540. The van der Waals surface area contributed by atoms with E-state index in [0.717, 1.165) is 42.4 Å². The molecular formula is C32H37F2NO3. The topological polar surface area (TPSA) is 51.5 Å². The second-order valence-electron chi connectivity index (χ2n) is 10.1. The number of halogens is 2. The number of rotatable bonds is 13. The molecule has 0 saturated carbocycles. The molecular weight excluding hydrogens is 484 g/mol. The van der Waals surface area contributed by atoms with Crippen LogP contribution in [0, 0.1) is 23.0 Å². The molecule has 1 aliphatic heterocycles. The molecule has 1 fully saturated rings. The predicted molar refractivity (Wildman–Crippen MR) is 145 cm³/mol. The number of ether oxygens (including phenoxy) is 3. The molecule has 1 saturated heterocycles. The Bertz CT molecular complexity index is 1230. The van der Waals surface area contributed by atoms with E-state index < -0.39 is 5.82 Å². The van der Waals surface area contributed by atoms with Crippen LogP contribution >= 0.6 is 0 Å². The van der Waals surface area contributed by atoms with Crippen molar-refractivity contribution >= 4 is 10.8 Å². The summed E-state index contributed by atoms with van der Waals surface area (Å²) in [7, 11) is 0. The Morgan fingerprint density at radius 3 is 2.42 bits per heavy atom. The summed E-state index contributed by atoms with van der Waals surface area (Å²) < 4.78 is 46.7. The fourth-order valence-electron chi connectivity index (χ4n) is 4.85. The molecule has 3 aromatic carbocycles. The highest BCUT2D eigenvalue weighted by Gasteiger charge is 2.22. The van der Waals surface area contributed by atoms with Gasteiger partial charge in [0, 0.05) is 18.4 Å². The van der Waals surface area contributed by atoms with Crippen molar-refractivity contribution in [3.8, 4) is 6.07 Å². The van der Waals surface area contributed by atoms with Crippen LogP contribution < -0.4 is 0 Å². The zero-order chi connectivity index (χ0) is 26.7. The Labute approximate surface area is 224 Å². The van der Waals surface area contributed by atoms with E-state index in [0.29, 0.717) is 37.0 Å². The predicted octanol–water partition coefficient (Wildman–Crippen LogP) is 7.44. The highest BCUT2D eigenvalue weighted by Crippen LogP contribution is 2.25. The largest absolute Gasteiger partial charge is 0.373 e. The van der Waals surface area contributed by atoms with Crippen LogP contribution in [0.5, 0.6) is 0 Å². The van der Waals surface area contributed by atoms with Gasteiger partial charge >= 0.3 is 0 Å². The number of hydrogen-bond donors (Lipinski definition) is 0. The molecule has 0 aliphatic carbocycles. The van der Waals surface area contributed by atoms with Crippen LogP contribution in [0.1, 0.15) is 67.7 Å². The molecule has 3 aromatic rings. The van der Waals surface area contributed by atoms with Crippen molar-refractivity contribution < 1.29 is 23.0 Å². The van der Waals surface area contributed by atoms with Gasteiger partial charge in [-0.05, 0) is 59.9 Å². The summed E-state index contributed by atoms with van der Waals surface area (Å²) >= 11 is 0. The summed E-state index contributed by atoms with van der Waals surface area (Å²) in [6, 6.07) is 15.9. The van der Waals surface area contributed by atoms with E-state index in [4.69, 9.17) is 19.5 Å². The Morgan fingerprint density at radius 1 is 0.895 bits per heavy atom. The summed E-state index contributed by atoms with van der Waals surface area (Å²) in [4.78, 5) is 0. The first-order chi connectivity index (χ1) is 18.6. The van der Waals surface area contributed by atoms with Gasteiger partial charge in [0.05, 0.1) is 18.8 Å². The average Bonchev–Trinajstić information content (AvgIpc) is 2.94. The molecule has 1 aliphatic rings. The van der Waals surface area contributed by atoms with Gasteiger partial charge in [-0.15, -0.1) is 0 Å². The van der Waals surface area contributed by atoms with E-state index in [9.17, 15) is 4.39 Å². The van der Waals surface area contributed by atoms with Gasteiger partial charge in [0.15, 0.2) is 6.29 Å². The SMILES string of the molecule is CCCCCCCOC1COC(CCc2ccc3c(F)c(CCc4ccc(C#N)c(F)c4)ccc3c2)OC1. The van der Waals surface area contributed by atoms with Crippen molar-refractivity contribution in [2.75, 3.05) is 19.8 Å². The summed E-state index contributed by atoms with van der Waals surface area (Å²) in [5.74, 6) is -0.777. The summed E-state index contributed by atoms with van der Waals surface area (Å²) in [6.45, 7) is 4.09. The molecule has 6 heteroatoms. The van der Waals surface area contributed by atoms with Gasteiger partial charge in [0.1, 0.15) is 23.8 Å². The number of benzene rings is 3. The average molecular weight is 522 g/mol. The first-order valence-corrected chi connectivity index (χ1v) is 13.8. The quantitative estimate of drug-likeness (QED) is 0.219. The van der Waals surface area contributed by atoms with Crippen LogP contribution in [-0.2, 0) is 33.5 Å². The van der Waals surface area contributed by atoms with E-state index in [1.165, 1.54) is 37.8 Å². The molecule has 4 nitrogen and oxygen atoms in total. The molecule has 202 valence electrons. The second-order valence-corrected chi connectivity index (χ2v) is 10.1. The van der Waals surface area contributed by atoms with Crippen LogP contribution in [0.15, 0.2) is 48.5 Å². The molecule has 0 aromatic heterocycles. The van der Waals surface area contributed by atoms with Crippen molar-refractivity contribution in [3.63, 3.8) is 0 Å². The van der Waals surface area contributed by atoms with Gasteiger partial charge in [-0.3, -0.25) is 0 Å². The van der Waals surface area contributed by atoms with Crippen molar-refractivity contribution in [3.05, 3.63) is 82.4 Å². The Hall–Kier alpha value is -2.85. The van der Waals surface area contributed by atoms with Gasteiger partial charge < -0.3 is 14.2 Å². The zero-order valence-electron chi connectivity index (χ0n) is 22.2. The molecule has 0 radical (unpaired) electrons. The molecule has 0 spiro atoms. The van der Waals surface area contributed by atoms with Gasteiger partial charge in [-0.2, -0.15) is 5.26 Å². The highest BCUT2D eigenvalue weighted by molar-refractivity contribution is 5.84. The maximum Gasteiger partial charge on any atom is 0.158 e. The Morgan fingerprint density at radius 2 is 1.66 bits per heavy atom. The number of hydrogen-bond acceptors (Lipinski definition) is 4. The standard InChI is InChI=1S/C32H37F2NO3/c1-2-3-4-5-6-17-36-28-21-37-31(38-22-28)16-10-23-9-15-29-26(18-23)14-13-25(32(29)34)11-7-24-8-12-27(20-35)30(33)19-24/h8-9,12-15,18-19,28,31H,2-7,10-11,16-17,21-22H2,1H3. The normalized spacial score (nSPS) is 17.5. The zero-order valence-corrected chi connectivity index (χ0v) is 22.2. The Balaban J connectivity index is 1.24. The van der Waals surface area contributed by atoms with Crippen molar-refractivity contribution in [2.45, 2.75) is 77.1 Å². The van der Waals surface area contributed by atoms with E-state index >= 15 is 4.39 Å². The molecule has 0 unspecified atom stereocenters. The third kappa shape index (κ3) is 7.83. The maximum absolute atomic E-state index is 15.2. The first-order valence-electron chi connectivity index (χ1n) is 13.8. The van der Waals surface area contributed by atoms with Crippen LogP contribution in [-0.4, -0.2) is 32.2 Å². The minimum Gasteiger partial charge on any atom is -0.373 e. The summed E-state index contributed by atoms with van der Waals surface area (Å²) in [6.07, 6.45) is 8.31. The Kier molecular flexibility index (Phi) is 10.6. The fraction of sp³-hybridized carbons (Fsp3) is 0.469. The molecule has 0 amide bonds. The molecule has 4 rings (SSSR count). The first kappa shape index (κ1) is 28.2. The highest BCUT2D eigenvalue weighted by atomic mass is 19.1. The number of nitriles is 1. The summed E-state index contributed by atoms with van der Waals surface area (Å²) in [5.41, 5.74) is 2.46. The lowest BCUT2D eigenvalue weighted by Gasteiger charge is -2.29. The van der Waals surface area contributed by atoms with Crippen molar-refractivity contribution in [1.29, 1.82) is 5.26 Å².